The molecular formula is C21H25F2N3O3. The van der Waals surface area contributed by atoms with Gasteiger partial charge in [-0.1, -0.05) is 6.07 Å². The van der Waals surface area contributed by atoms with E-state index >= 15 is 0 Å². The molecule has 156 valence electrons. The highest BCUT2D eigenvalue weighted by Gasteiger charge is 2.51. The summed E-state index contributed by atoms with van der Waals surface area (Å²) in [7, 11) is 2.99. The number of halogens is 2. The molecule has 29 heavy (non-hydrogen) atoms. The fourth-order valence-electron chi connectivity index (χ4n) is 4.87. The van der Waals surface area contributed by atoms with Crippen LogP contribution in [-0.2, 0) is 12.1 Å². The van der Waals surface area contributed by atoms with Crippen molar-refractivity contribution in [3.05, 3.63) is 47.2 Å². The maximum Gasteiger partial charge on any atom is 0.319 e. The van der Waals surface area contributed by atoms with Crippen LogP contribution in [0.15, 0.2) is 24.4 Å². The van der Waals surface area contributed by atoms with E-state index in [1.807, 2.05) is 0 Å². The summed E-state index contributed by atoms with van der Waals surface area (Å²) in [4.78, 5) is 10.6. The van der Waals surface area contributed by atoms with Crippen molar-refractivity contribution in [1.82, 2.24) is 14.9 Å². The van der Waals surface area contributed by atoms with Crippen molar-refractivity contribution in [3.63, 3.8) is 0 Å². The molecule has 4 rings (SSSR count). The number of hydrogen-bond donors (Lipinski definition) is 1. The Kier molecular flexibility index (Phi) is 5.40. The van der Waals surface area contributed by atoms with E-state index in [9.17, 15) is 13.9 Å². The van der Waals surface area contributed by atoms with Crippen LogP contribution in [0, 0.1) is 23.5 Å². The van der Waals surface area contributed by atoms with Gasteiger partial charge in [0.15, 0.2) is 11.6 Å². The molecule has 1 saturated carbocycles. The maximum absolute atomic E-state index is 13.6. The second kappa shape index (κ2) is 7.84. The van der Waals surface area contributed by atoms with Crippen LogP contribution < -0.4 is 9.47 Å². The Balaban J connectivity index is 1.58. The summed E-state index contributed by atoms with van der Waals surface area (Å²) < 4.78 is 37.3. The third-order valence-electron chi connectivity index (χ3n) is 6.23. The van der Waals surface area contributed by atoms with Crippen molar-refractivity contribution in [2.24, 2.45) is 11.8 Å². The number of rotatable bonds is 5. The first-order valence-electron chi connectivity index (χ1n) is 9.78. The highest BCUT2D eigenvalue weighted by molar-refractivity contribution is 5.33. The van der Waals surface area contributed by atoms with Crippen molar-refractivity contribution in [1.29, 1.82) is 0 Å². The second-order valence-electron chi connectivity index (χ2n) is 7.91. The lowest BCUT2D eigenvalue weighted by molar-refractivity contribution is -0.0669. The van der Waals surface area contributed by atoms with Gasteiger partial charge in [0.05, 0.1) is 19.8 Å². The van der Waals surface area contributed by atoms with Gasteiger partial charge in [-0.05, 0) is 42.9 Å². The fraction of sp³-hybridized carbons (Fsp3) is 0.524. The van der Waals surface area contributed by atoms with Gasteiger partial charge < -0.3 is 14.6 Å². The van der Waals surface area contributed by atoms with E-state index in [1.54, 1.807) is 12.3 Å². The Hall–Kier alpha value is -2.32. The summed E-state index contributed by atoms with van der Waals surface area (Å²) in [5.74, 6) is -1.09. The first-order chi connectivity index (χ1) is 13.9. The molecule has 0 amide bonds. The van der Waals surface area contributed by atoms with E-state index in [1.165, 1.54) is 20.3 Å². The largest absolute Gasteiger partial charge is 0.481 e. The molecule has 8 heteroatoms. The highest BCUT2D eigenvalue weighted by atomic mass is 19.2. The molecule has 2 fully saturated rings. The van der Waals surface area contributed by atoms with E-state index in [2.05, 4.69) is 14.9 Å². The molecule has 2 aromatic rings. The Labute approximate surface area is 168 Å². The number of fused-ring (bicyclic) bond motifs is 1. The van der Waals surface area contributed by atoms with Crippen LogP contribution in [0.4, 0.5) is 8.78 Å². The maximum atomic E-state index is 13.6. The third-order valence-corrected chi connectivity index (χ3v) is 6.23. The topological polar surface area (TPSA) is 67.7 Å². The number of likely N-dealkylation sites (tertiary alicyclic amines) is 1. The van der Waals surface area contributed by atoms with E-state index in [0.29, 0.717) is 36.9 Å². The number of nitrogens with zero attached hydrogens (tertiary/aromatic N) is 3. The van der Waals surface area contributed by atoms with Crippen molar-refractivity contribution < 1.29 is 23.4 Å². The molecule has 3 unspecified atom stereocenters. The molecular weight excluding hydrogens is 380 g/mol. The Morgan fingerprint density at radius 1 is 1.21 bits per heavy atom. The van der Waals surface area contributed by atoms with Gasteiger partial charge in [0.25, 0.3) is 0 Å². The summed E-state index contributed by atoms with van der Waals surface area (Å²) in [6, 6.07) is 4.19. The summed E-state index contributed by atoms with van der Waals surface area (Å²) in [6.07, 6.45) is 4.08. The van der Waals surface area contributed by atoms with E-state index in [0.717, 1.165) is 31.0 Å². The SMILES string of the molecule is COc1ncc(C2(O)CCCC3CN(Cc4ccc(F)c(F)c4)CC32)c(OC)n1. The number of aliphatic hydroxyl groups is 1. The van der Waals surface area contributed by atoms with Crippen molar-refractivity contribution in [2.75, 3.05) is 27.3 Å². The molecule has 0 spiro atoms. The molecule has 2 aliphatic rings. The highest BCUT2D eigenvalue weighted by Crippen LogP contribution is 2.50. The predicted molar refractivity (Wildman–Crippen MR) is 101 cm³/mol. The van der Waals surface area contributed by atoms with Crippen LogP contribution in [0.3, 0.4) is 0 Å². The smallest absolute Gasteiger partial charge is 0.319 e. The lowest BCUT2D eigenvalue weighted by atomic mass is 9.68. The molecule has 1 aliphatic heterocycles. The first-order valence-corrected chi connectivity index (χ1v) is 9.78. The van der Waals surface area contributed by atoms with Crippen LogP contribution in [0.2, 0.25) is 0 Å². The monoisotopic (exact) mass is 405 g/mol. The number of benzene rings is 1. The number of ether oxygens (including phenoxy) is 2. The average molecular weight is 405 g/mol. The average Bonchev–Trinajstić information content (AvgIpc) is 3.14. The molecule has 1 N–H and O–H groups in total. The molecule has 0 bridgehead atoms. The van der Waals surface area contributed by atoms with Gasteiger partial charge in [-0.3, -0.25) is 4.90 Å². The van der Waals surface area contributed by atoms with Crippen molar-refractivity contribution in [2.45, 2.75) is 31.4 Å². The third kappa shape index (κ3) is 3.67. The zero-order valence-electron chi connectivity index (χ0n) is 16.6. The van der Waals surface area contributed by atoms with Gasteiger partial charge in [0.1, 0.15) is 5.60 Å². The molecule has 1 aromatic heterocycles. The Bertz CT molecular complexity index is 897. The normalized spacial score (nSPS) is 26.9. The predicted octanol–water partition coefficient (Wildman–Crippen LogP) is 2.89. The fourth-order valence-corrected chi connectivity index (χ4v) is 4.87. The van der Waals surface area contributed by atoms with Crippen LogP contribution in [0.5, 0.6) is 11.9 Å². The zero-order chi connectivity index (χ0) is 20.6. The molecule has 0 radical (unpaired) electrons. The Morgan fingerprint density at radius 3 is 2.76 bits per heavy atom. The van der Waals surface area contributed by atoms with Crippen molar-refractivity contribution in [3.8, 4) is 11.9 Å². The standard InChI is InChI=1S/C21H25F2N3O3/c1-28-19-15(9-24-20(25-19)29-2)21(27)7-3-4-14-11-26(12-16(14)21)10-13-5-6-17(22)18(23)8-13/h5-6,8-9,14,16,27H,3-4,7,10-12H2,1-2H3. The molecule has 3 atom stereocenters. The molecule has 1 aliphatic carbocycles. The minimum atomic E-state index is -1.11. The molecule has 2 heterocycles. The second-order valence-corrected chi connectivity index (χ2v) is 7.91. The van der Waals surface area contributed by atoms with Gasteiger partial charge in [0, 0.05) is 31.7 Å². The quantitative estimate of drug-likeness (QED) is 0.825. The summed E-state index contributed by atoms with van der Waals surface area (Å²) in [5.41, 5.74) is 0.185. The van der Waals surface area contributed by atoms with E-state index in [4.69, 9.17) is 9.47 Å². The minimum Gasteiger partial charge on any atom is -0.481 e. The minimum absolute atomic E-state index is 0.0209. The number of hydrogen-bond acceptors (Lipinski definition) is 6. The molecule has 6 nitrogen and oxygen atoms in total. The van der Waals surface area contributed by atoms with Crippen molar-refractivity contribution >= 4 is 0 Å². The zero-order valence-corrected chi connectivity index (χ0v) is 16.6. The number of aromatic nitrogens is 2. The summed E-state index contributed by atoms with van der Waals surface area (Å²) >= 11 is 0. The lowest BCUT2D eigenvalue weighted by Gasteiger charge is -2.41. The summed E-state index contributed by atoms with van der Waals surface area (Å²) in [6.45, 7) is 1.96. The van der Waals surface area contributed by atoms with Crippen LogP contribution in [0.1, 0.15) is 30.4 Å². The van der Waals surface area contributed by atoms with Gasteiger partial charge >= 0.3 is 6.01 Å². The first kappa shape index (κ1) is 20.0. The van der Waals surface area contributed by atoms with Crippen LogP contribution in [-0.4, -0.2) is 47.3 Å². The number of methoxy groups -OCH3 is 2. The van der Waals surface area contributed by atoms with Gasteiger partial charge in [0.2, 0.25) is 5.88 Å². The lowest BCUT2D eigenvalue weighted by Crippen LogP contribution is -2.43. The van der Waals surface area contributed by atoms with Crippen LogP contribution >= 0.6 is 0 Å². The van der Waals surface area contributed by atoms with E-state index < -0.39 is 17.2 Å². The molecule has 1 aromatic carbocycles. The van der Waals surface area contributed by atoms with Gasteiger partial charge in [-0.25, -0.2) is 13.8 Å². The Morgan fingerprint density at radius 2 is 2.03 bits per heavy atom. The summed E-state index contributed by atoms with van der Waals surface area (Å²) in [5, 5.41) is 11.7. The van der Waals surface area contributed by atoms with Gasteiger partial charge in [-0.2, -0.15) is 4.98 Å². The molecule has 1 saturated heterocycles. The van der Waals surface area contributed by atoms with Crippen LogP contribution in [0.25, 0.3) is 0 Å². The van der Waals surface area contributed by atoms with Gasteiger partial charge in [-0.15, -0.1) is 0 Å². The van der Waals surface area contributed by atoms with E-state index in [-0.39, 0.29) is 11.9 Å².